The third kappa shape index (κ3) is 3.24. The molecule has 0 bridgehead atoms. The average Bonchev–Trinajstić information content (AvgIpc) is 2.54. The first-order valence-corrected chi connectivity index (χ1v) is 9.06. The minimum Gasteiger partial charge on any atom is -0.170 e. The molecule has 148 valence electrons. The molecule has 1 atom stereocenters. The van der Waals surface area contributed by atoms with Gasteiger partial charge in [-0.3, -0.25) is 0 Å². The molecule has 0 radical (unpaired) electrons. The van der Waals surface area contributed by atoms with Crippen LogP contribution in [0.15, 0.2) is 35.5 Å². The summed E-state index contributed by atoms with van der Waals surface area (Å²) < 4.78 is 86.0. The Hall–Kier alpha value is -1.20. The molecule has 0 fully saturated rings. The normalized spacial score (nSPS) is 21.3. The molecule has 2 aliphatic carbocycles. The van der Waals surface area contributed by atoms with Crippen LogP contribution >= 0.6 is 0 Å². The maximum Gasteiger partial charge on any atom is 0.404 e. The van der Waals surface area contributed by atoms with E-state index in [2.05, 4.69) is 0 Å². The molecule has 0 aliphatic heterocycles. The summed E-state index contributed by atoms with van der Waals surface area (Å²) in [5.41, 5.74) is -5.41. The van der Waals surface area contributed by atoms with Crippen molar-refractivity contribution in [3.63, 3.8) is 0 Å². The largest absolute Gasteiger partial charge is 0.404 e. The molecule has 0 aromatic carbocycles. The molecule has 0 spiro atoms. The van der Waals surface area contributed by atoms with Crippen LogP contribution in [0, 0.1) is 16.7 Å². The Balaban J connectivity index is 2.73. The highest BCUT2D eigenvalue weighted by Gasteiger charge is 2.79. The van der Waals surface area contributed by atoms with Gasteiger partial charge in [0.15, 0.2) is 5.41 Å². The van der Waals surface area contributed by atoms with Crippen molar-refractivity contribution in [3.8, 4) is 0 Å². The molecule has 0 amide bonds. The third-order valence-corrected chi connectivity index (χ3v) is 6.23. The van der Waals surface area contributed by atoms with Crippen LogP contribution in [0.3, 0.4) is 0 Å². The molecule has 2 rings (SSSR count). The summed E-state index contributed by atoms with van der Waals surface area (Å²) in [6.07, 6.45) is -1.58. The lowest BCUT2D eigenvalue weighted by atomic mass is 9.52. The molecule has 6 heteroatoms. The average molecular weight is 380 g/mol. The van der Waals surface area contributed by atoms with Gasteiger partial charge < -0.3 is 0 Å². The van der Waals surface area contributed by atoms with Gasteiger partial charge in [0.05, 0.1) is 0 Å². The second kappa shape index (κ2) is 7.08. The smallest absolute Gasteiger partial charge is 0.170 e. The first-order chi connectivity index (χ1) is 11.9. The van der Waals surface area contributed by atoms with E-state index in [-0.39, 0.29) is 24.0 Å². The van der Waals surface area contributed by atoms with Crippen LogP contribution in [0.4, 0.5) is 26.3 Å². The Morgan fingerprint density at radius 3 is 1.92 bits per heavy atom. The Bertz CT molecular complexity index is 587. The van der Waals surface area contributed by atoms with Gasteiger partial charge >= 0.3 is 12.4 Å². The minimum absolute atomic E-state index is 0.214. The molecule has 0 N–H and O–H groups in total. The van der Waals surface area contributed by atoms with Crippen LogP contribution in [-0.2, 0) is 0 Å². The fourth-order valence-corrected chi connectivity index (χ4v) is 4.82. The maximum atomic E-state index is 14.3. The monoisotopic (exact) mass is 380 g/mol. The second-order valence-electron chi connectivity index (χ2n) is 7.83. The first kappa shape index (κ1) is 21.1. The summed E-state index contributed by atoms with van der Waals surface area (Å²) in [6.45, 7) is 3.35. The van der Waals surface area contributed by atoms with Crippen molar-refractivity contribution in [2.75, 3.05) is 0 Å². The molecule has 26 heavy (non-hydrogen) atoms. The van der Waals surface area contributed by atoms with Gasteiger partial charge in [-0.25, -0.2) is 0 Å². The van der Waals surface area contributed by atoms with E-state index in [0.29, 0.717) is 19.3 Å². The quantitative estimate of drug-likeness (QED) is 0.349. The number of allylic oxidation sites excluding steroid dienone is 6. The molecule has 0 nitrogen and oxygen atoms in total. The van der Waals surface area contributed by atoms with E-state index in [9.17, 15) is 26.3 Å². The van der Waals surface area contributed by atoms with Crippen molar-refractivity contribution >= 4 is 0 Å². The Morgan fingerprint density at radius 2 is 1.50 bits per heavy atom. The van der Waals surface area contributed by atoms with Crippen molar-refractivity contribution in [1.29, 1.82) is 0 Å². The topological polar surface area (TPSA) is 0 Å². The molecular weight excluding hydrogens is 354 g/mol. The number of alkyl halides is 6. The van der Waals surface area contributed by atoms with Crippen LogP contribution in [0.25, 0.3) is 0 Å². The van der Waals surface area contributed by atoms with Crippen molar-refractivity contribution in [1.82, 2.24) is 0 Å². The lowest BCUT2D eigenvalue weighted by Crippen LogP contribution is -2.63. The van der Waals surface area contributed by atoms with Gasteiger partial charge in [0.2, 0.25) is 0 Å². The molecule has 2 aliphatic rings. The SMILES string of the molecule is CC(C1=CC=CCC1)C(C(F)(F)F)(C(F)(F)F)C(C)(C)C1=CCCCC1. The minimum atomic E-state index is -5.42. The number of hydrogen-bond acceptors (Lipinski definition) is 0. The molecule has 1 unspecified atom stereocenters. The van der Waals surface area contributed by atoms with E-state index in [1.807, 2.05) is 0 Å². The fraction of sp³-hybridized carbons (Fsp3) is 0.700. The van der Waals surface area contributed by atoms with E-state index in [1.165, 1.54) is 6.08 Å². The van der Waals surface area contributed by atoms with Gasteiger partial charge in [0.1, 0.15) is 0 Å². The summed E-state index contributed by atoms with van der Waals surface area (Å²) in [5, 5.41) is 0. The van der Waals surface area contributed by atoms with Gasteiger partial charge in [-0.05, 0) is 38.5 Å². The highest BCUT2D eigenvalue weighted by atomic mass is 19.4. The van der Waals surface area contributed by atoms with Crippen LogP contribution in [0.5, 0.6) is 0 Å². The van der Waals surface area contributed by atoms with Crippen LogP contribution < -0.4 is 0 Å². The Kier molecular flexibility index (Phi) is 5.75. The first-order valence-electron chi connectivity index (χ1n) is 9.06. The fourth-order valence-electron chi connectivity index (χ4n) is 4.82. The highest BCUT2D eigenvalue weighted by molar-refractivity contribution is 5.30. The van der Waals surface area contributed by atoms with Crippen molar-refractivity contribution in [3.05, 3.63) is 35.5 Å². The molecule has 0 heterocycles. The summed E-state index contributed by atoms with van der Waals surface area (Å²) in [7, 11) is 0. The molecular formula is C20H26F6. The predicted octanol–water partition coefficient (Wildman–Crippen LogP) is 7.54. The maximum absolute atomic E-state index is 14.3. The van der Waals surface area contributed by atoms with Crippen molar-refractivity contribution < 1.29 is 26.3 Å². The molecule has 0 saturated carbocycles. The lowest BCUT2D eigenvalue weighted by Gasteiger charge is -2.54. The van der Waals surface area contributed by atoms with E-state index < -0.39 is 29.1 Å². The van der Waals surface area contributed by atoms with Gasteiger partial charge in [-0.1, -0.05) is 56.2 Å². The number of halogens is 6. The number of hydrogen-bond donors (Lipinski definition) is 0. The lowest BCUT2D eigenvalue weighted by molar-refractivity contribution is -0.382. The highest BCUT2D eigenvalue weighted by Crippen LogP contribution is 2.68. The second-order valence-corrected chi connectivity index (χ2v) is 7.83. The van der Waals surface area contributed by atoms with Crippen LogP contribution in [0.1, 0.15) is 59.3 Å². The summed E-state index contributed by atoms with van der Waals surface area (Å²) in [4.78, 5) is 0. The molecule has 0 aromatic heterocycles. The Morgan fingerprint density at radius 1 is 0.885 bits per heavy atom. The molecule has 0 saturated heterocycles. The van der Waals surface area contributed by atoms with E-state index >= 15 is 0 Å². The molecule has 0 aromatic rings. The number of rotatable bonds is 4. The van der Waals surface area contributed by atoms with E-state index in [4.69, 9.17) is 0 Å². The summed E-state index contributed by atoms with van der Waals surface area (Å²) >= 11 is 0. The standard InChI is InChI=1S/C20H26F6/c1-14(15-10-6-4-7-11-15)18(19(21,22)23,20(24,25)26)17(2,3)16-12-8-5-9-13-16/h4,6,10,12,14H,5,7-9,11,13H2,1-3H3. The van der Waals surface area contributed by atoms with Crippen molar-refractivity contribution in [2.24, 2.45) is 16.7 Å². The van der Waals surface area contributed by atoms with Gasteiger partial charge in [0, 0.05) is 11.3 Å². The third-order valence-electron chi connectivity index (χ3n) is 6.23. The van der Waals surface area contributed by atoms with Gasteiger partial charge in [-0.15, -0.1) is 0 Å². The van der Waals surface area contributed by atoms with E-state index in [1.54, 1.807) is 18.2 Å². The van der Waals surface area contributed by atoms with Gasteiger partial charge in [0.25, 0.3) is 0 Å². The van der Waals surface area contributed by atoms with Crippen molar-refractivity contribution in [2.45, 2.75) is 71.6 Å². The van der Waals surface area contributed by atoms with Crippen LogP contribution in [-0.4, -0.2) is 12.4 Å². The zero-order valence-corrected chi connectivity index (χ0v) is 15.4. The predicted molar refractivity (Wildman–Crippen MR) is 90.5 cm³/mol. The zero-order chi connectivity index (χ0) is 19.8. The summed E-state index contributed by atoms with van der Waals surface area (Å²) in [6, 6.07) is 0. The van der Waals surface area contributed by atoms with Crippen LogP contribution in [0.2, 0.25) is 0 Å². The van der Waals surface area contributed by atoms with Gasteiger partial charge in [-0.2, -0.15) is 26.3 Å². The Labute approximate surface area is 151 Å². The van der Waals surface area contributed by atoms with E-state index in [0.717, 1.165) is 27.2 Å². The zero-order valence-electron chi connectivity index (χ0n) is 15.4. The summed E-state index contributed by atoms with van der Waals surface area (Å²) in [5.74, 6) is -1.69.